The van der Waals surface area contributed by atoms with Crippen LogP contribution in [0.4, 0.5) is 0 Å². The maximum atomic E-state index is 5.49. The van der Waals surface area contributed by atoms with Gasteiger partial charge in [0.05, 0.1) is 0 Å². The minimum absolute atomic E-state index is 0.230. The van der Waals surface area contributed by atoms with Crippen molar-refractivity contribution in [2.24, 2.45) is 5.73 Å². The second-order valence-electron chi connectivity index (χ2n) is 1.91. The van der Waals surface area contributed by atoms with E-state index in [2.05, 4.69) is 6.08 Å². The van der Waals surface area contributed by atoms with Gasteiger partial charge in [0.25, 0.3) is 0 Å². The minimum Gasteiger partial charge on any atom is -0.324 e. The SMILES string of the molecule is NC1[C]=CCCC1. The molecule has 7 heavy (non-hydrogen) atoms. The summed E-state index contributed by atoms with van der Waals surface area (Å²) < 4.78 is 0. The van der Waals surface area contributed by atoms with Gasteiger partial charge in [-0.3, -0.25) is 0 Å². The molecule has 0 spiro atoms. The highest BCUT2D eigenvalue weighted by molar-refractivity contribution is 4.87. The molecule has 1 aliphatic carbocycles. The quantitative estimate of drug-likeness (QED) is 0.475. The summed E-state index contributed by atoms with van der Waals surface area (Å²) in [4.78, 5) is 0. The molecule has 0 fully saturated rings. The Balaban J connectivity index is 2.36. The summed E-state index contributed by atoms with van der Waals surface area (Å²) in [6.07, 6.45) is 8.61. The molecule has 1 radical (unpaired) electrons. The van der Waals surface area contributed by atoms with Gasteiger partial charge < -0.3 is 5.73 Å². The molecule has 1 unspecified atom stereocenters. The van der Waals surface area contributed by atoms with Gasteiger partial charge in [-0.1, -0.05) is 6.08 Å². The highest BCUT2D eigenvalue weighted by atomic mass is 14.6. The van der Waals surface area contributed by atoms with E-state index in [9.17, 15) is 0 Å². The van der Waals surface area contributed by atoms with Crippen LogP contribution in [-0.2, 0) is 0 Å². The topological polar surface area (TPSA) is 26.0 Å². The molecule has 0 aromatic carbocycles. The monoisotopic (exact) mass is 96.1 g/mol. The average Bonchev–Trinajstić information content (AvgIpc) is 1.69. The van der Waals surface area contributed by atoms with E-state index in [0.717, 1.165) is 6.42 Å². The number of rotatable bonds is 0. The second-order valence-corrected chi connectivity index (χ2v) is 1.91. The van der Waals surface area contributed by atoms with E-state index >= 15 is 0 Å². The highest BCUT2D eigenvalue weighted by Crippen LogP contribution is 2.05. The van der Waals surface area contributed by atoms with Crippen LogP contribution in [0.15, 0.2) is 6.08 Å². The van der Waals surface area contributed by atoms with Crippen LogP contribution >= 0.6 is 0 Å². The largest absolute Gasteiger partial charge is 0.324 e. The van der Waals surface area contributed by atoms with Gasteiger partial charge in [-0.2, -0.15) is 0 Å². The Hall–Kier alpha value is -0.300. The Morgan fingerprint density at radius 1 is 1.71 bits per heavy atom. The van der Waals surface area contributed by atoms with Gasteiger partial charge in [0.1, 0.15) is 0 Å². The zero-order valence-electron chi connectivity index (χ0n) is 4.35. The molecule has 0 aromatic rings. The molecule has 0 aromatic heterocycles. The van der Waals surface area contributed by atoms with E-state index in [1.54, 1.807) is 0 Å². The molecule has 1 rings (SSSR count). The normalized spacial score (nSPS) is 30.7. The van der Waals surface area contributed by atoms with Crippen molar-refractivity contribution in [3.8, 4) is 0 Å². The van der Waals surface area contributed by atoms with Crippen molar-refractivity contribution in [2.75, 3.05) is 0 Å². The van der Waals surface area contributed by atoms with E-state index in [-0.39, 0.29) is 6.04 Å². The Bertz CT molecular complexity index is 76.2. The highest BCUT2D eigenvalue weighted by Gasteiger charge is 1.99. The molecule has 1 heteroatoms. The number of nitrogens with two attached hydrogens (primary N) is 1. The lowest BCUT2D eigenvalue weighted by atomic mass is 10.0. The maximum Gasteiger partial charge on any atom is 0.0294 e. The van der Waals surface area contributed by atoms with Crippen LogP contribution in [0.1, 0.15) is 19.3 Å². The zero-order valence-corrected chi connectivity index (χ0v) is 4.35. The zero-order chi connectivity index (χ0) is 5.11. The Morgan fingerprint density at radius 2 is 2.57 bits per heavy atom. The average molecular weight is 96.2 g/mol. The van der Waals surface area contributed by atoms with Crippen LogP contribution in [0.25, 0.3) is 0 Å². The molecule has 0 amide bonds. The fourth-order valence-electron chi connectivity index (χ4n) is 0.758. The summed E-state index contributed by atoms with van der Waals surface area (Å²) in [5.74, 6) is 0. The molecule has 0 heterocycles. The molecule has 1 aliphatic rings. The Morgan fingerprint density at radius 3 is 2.86 bits per heavy atom. The summed E-state index contributed by atoms with van der Waals surface area (Å²) >= 11 is 0. The van der Waals surface area contributed by atoms with Crippen LogP contribution in [0.5, 0.6) is 0 Å². The van der Waals surface area contributed by atoms with Crippen molar-refractivity contribution >= 4 is 0 Å². The first-order chi connectivity index (χ1) is 3.39. The third kappa shape index (κ3) is 1.32. The molecule has 0 saturated heterocycles. The van der Waals surface area contributed by atoms with E-state index in [0.29, 0.717) is 0 Å². The smallest absolute Gasteiger partial charge is 0.0294 e. The molecular weight excluding hydrogens is 86.1 g/mol. The van der Waals surface area contributed by atoms with Crippen molar-refractivity contribution < 1.29 is 0 Å². The summed E-state index contributed by atoms with van der Waals surface area (Å²) in [6.45, 7) is 0. The molecule has 0 saturated carbocycles. The Labute approximate surface area is 44.2 Å². The molecule has 0 bridgehead atoms. The van der Waals surface area contributed by atoms with Crippen molar-refractivity contribution in [3.05, 3.63) is 12.2 Å². The summed E-state index contributed by atoms with van der Waals surface area (Å²) in [6, 6.07) is 0.230. The van der Waals surface area contributed by atoms with Gasteiger partial charge in [0.15, 0.2) is 0 Å². The van der Waals surface area contributed by atoms with Gasteiger partial charge in [-0.25, -0.2) is 0 Å². The third-order valence-electron chi connectivity index (χ3n) is 1.20. The van der Waals surface area contributed by atoms with Crippen LogP contribution in [0.2, 0.25) is 0 Å². The van der Waals surface area contributed by atoms with Crippen molar-refractivity contribution in [3.63, 3.8) is 0 Å². The van der Waals surface area contributed by atoms with Gasteiger partial charge in [-0.05, 0) is 25.3 Å². The predicted octanol–water partition coefficient (Wildman–Crippen LogP) is 0.857. The lowest BCUT2D eigenvalue weighted by molar-refractivity contribution is 0.631. The summed E-state index contributed by atoms with van der Waals surface area (Å²) in [5.41, 5.74) is 5.49. The second kappa shape index (κ2) is 2.12. The van der Waals surface area contributed by atoms with E-state index in [1.165, 1.54) is 12.8 Å². The van der Waals surface area contributed by atoms with Crippen LogP contribution < -0.4 is 5.73 Å². The molecule has 39 valence electrons. The van der Waals surface area contributed by atoms with Gasteiger partial charge in [0.2, 0.25) is 0 Å². The third-order valence-corrected chi connectivity index (χ3v) is 1.20. The van der Waals surface area contributed by atoms with E-state index < -0.39 is 0 Å². The molecule has 2 N–H and O–H groups in total. The van der Waals surface area contributed by atoms with E-state index in [4.69, 9.17) is 5.73 Å². The van der Waals surface area contributed by atoms with Crippen molar-refractivity contribution in [1.82, 2.24) is 0 Å². The van der Waals surface area contributed by atoms with Crippen molar-refractivity contribution in [2.45, 2.75) is 25.3 Å². The first-order valence-corrected chi connectivity index (χ1v) is 2.73. The van der Waals surface area contributed by atoms with Gasteiger partial charge in [0, 0.05) is 6.04 Å². The minimum atomic E-state index is 0.230. The van der Waals surface area contributed by atoms with Crippen molar-refractivity contribution in [1.29, 1.82) is 0 Å². The first-order valence-electron chi connectivity index (χ1n) is 2.73. The number of allylic oxidation sites excluding steroid dienone is 1. The number of hydrogen-bond acceptors (Lipinski definition) is 1. The van der Waals surface area contributed by atoms with Gasteiger partial charge in [-0.15, -0.1) is 0 Å². The van der Waals surface area contributed by atoms with Gasteiger partial charge >= 0.3 is 0 Å². The molecular formula is C6H10N. The molecule has 1 nitrogen and oxygen atoms in total. The standard InChI is InChI=1S/C6H10N/c7-6-4-2-1-3-5-6/h2,6H,1,3,5,7H2. The van der Waals surface area contributed by atoms with Crippen LogP contribution in [0.3, 0.4) is 0 Å². The fraction of sp³-hybridized carbons (Fsp3) is 0.667. The lowest BCUT2D eigenvalue weighted by Crippen LogP contribution is -2.18. The predicted molar refractivity (Wildman–Crippen MR) is 29.6 cm³/mol. The summed E-state index contributed by atoms with van der Waals surface area (Å²) in [5, 5.41) is 0. The lowest BCUT2D eigenvalue weighted by Gasteiger charge is -2.07. The van der Waals surface area contributed by atoms with Crippen LogP contribution in [0, 0.1) is 6.08 Å². The van der Waals surface area contributed by atoms with Crippen LogP contribution in [-0.4, -0.2) is 6.04 Å². The maximum absolute atomic E-state index is 5.49. The fourth-order valence-corrected chi connectivity index (χ4v) is 0.758. The molecule has 0 aliphatic heterocycles. The van der Waals surface area contributed by atoms with E-state index in [1.807, 2.05) is 6.08 Å². The number of hydrogen-bond donors (Lipinski definition) is 1. The first kappa shape index (κ1) is 4.85. The molecule has 1 atom stereocenters. The Kier molecular flexibility index (Phi) is 1.47. The summed E-state index contributed by atoms with van der Waals surface area (Å²) in [7, 11) is 0.